The fraction of sp³-hybridized carbons (Fsp3) is 0.720. The fourth-order valence-electron chi connectivity index (χ4n) is 7.51. The van der Waals surface area contributed by atoms with Crippen LogP contribution in [0.5, 0.6) is 0 Å². The number of nitrogens with zero attached hydrogens (tertiary/aromatic N) is 3. The van der Waals surface area contributed by atoms with Crippen LogP contribution in [0.15, 0.2) is 6.07 Å². The number of rotatable bonds is 5. The fourth-order valence-corrected chi connectivity index (χ4v) is 7.51. The lowest BCUT2D eigenvalue weighted by Gasteiger charge is -2.59. The SMILES string of the molecule is CC[C@H](NC(=O)c1cc(C)nc2c1c(C)nn2C(C)C)C12CC3CC(CC(C3)C1)C2. The van der Waals surface area contributed by atoms with E-state index in [4.69, 9.17) is 10.1 Å². The molecule has 0 aromatic carbocycles. The number of pyridine rings is 1. The molecule has 5 nitrogen and oxygen atoms in total. The molecule has 4 bridgehead atoms. The molecule has 4 fully saturated rings. The summed E-state index contributed by atoms with van der Waals surface area (Å²) in [6.45, 7) is 10.4. The normalized spacial score (nSPS) is 30.9. The number of fused-ring (bicyclic) bond motifs is 1. The molecule has 1 N–H and O–H groups in total. The van der Waals surface area contributed by atoms with Crippen LogP contribution in [0.2, 0.25) is 0 Å². The van der Waals surface area contributed by atoms with Gasteiger partial charge in [0.2, 0.25) is 0 Å². The Morgan fingerprint density at radius 3 is 2.30 bits per heavy atom. The zero-order chi connectivity index (χ0) is 21.2. The van der Waals surface area contributed by atoms with Gasteiger partial charge in [0.1, 0.15) is 0 Å². The van der Waals surface area contributed by atoms with Gasteiger partial charge >= 0.3 is 0 Å². The zero-order valence-electron chi connectivity index (χ0n) is 19.2. The van der Waals surface area contributed by atoms with Crippen molar-refractivity contribution in [1.82, 2.24) is 20.1 Å². The summed E-state index contributed by atoms with van der Waals surface area (Å²) >= 11 is 0. The van der Waals surface area contributed by atoms with Gasteiger partial charge < -0.3 is 5.32 Å². The van der Waals surface area contributed by atoms with Crippen molar-refractivity contribution in [2.45, 2.75) is 91.6 Å². The van der Waals surface area contributed by atoms with Crippen molar-refractivity contribution in [3.63, 3.8) is 0 Å². The van der Waals surface area contributed by atoms with Crippen molar-refractivity contribution in [3.05, 3.63) is 23.0 Å². The highest BCUT2D eigenvalue weighted by Crippen LogP contribution is 2.61. The number of aromatic nitrogens is 3. The van der Waals surface area contributed by atoms with E-state index in [0.717, 1.165) is 52.2 Å². The van der Waals surface area contributed by atoms with Crippen molar-refractivity contribution in [3.8, 4) is 0 Å². The standard InChI is InChI=1S/C25H36N4O/c1-6-21(25-11-17-8-18(12-25)10-19(9-17)13-25)27-24(30)20-7-15(4)26-23-22(20)16(5)28-29(23)14(2)3/h7,14,17-19,21H,6,8-13H2,1-5H3,(H,27,30)/t17?,18?,19?,21-,25?/m0/s1. The average molecular weight is 409 g/mol. The molecule has 2 aromatic rings. The van der Waals surface area contributed by atoms with E-state index in [1.54, 1.807) is 0 Å². The first-order valence-electron chi connectivity index (χ1n) is 12.0. The quantitative estimate of drug-likeness (QED) is 0.725. The largest absolute Gasteiger partial charge is 0.349 e. The maximum absolute atomic E-state index is 13.6. The number of hydrogen-bond donors (Lipinski definition) is 1. The summed E-state index contributed by atoms with van der Waals surface area (Å²) in [5.41, 5.74) is 3.65. The summed E-state index contributed by atoms with van der Waals surface area (Å²) in [7, 11) is 0. The van der Waals surface area contributed by atoms with Crippen LogP contribution < -0.4 is 5.32 Å². The van der Waals surface area contributed by atoms with Gasteiger partial charge in [-0.1, -0.05) is 6.92 Å². The van der Waals surface area contributed by atoms with E-state index in [1.165, 1.54) is 38.5 Å². The third-order valence-corrected chi connectivity index (χ3v) is 8.24. The second-order valence-electron chi connectivity index (χ2n) is 10.8. The van der Waals surface area contributed by atoms with Crippen molar-refractivity contribution < 1.29 is 4.79 Å². The summed E-state index contributed by atoms with van der Waals surface area (Å²) in [6, 6.07) is 2.42. The maximum atomic E-state index is 13.6. The molecule has 6 rings (SSSR count). The molecule has 1 amide bonds. The van der Waals surface area contributed by atoms with Crippen LogP contribution in [-0.2, 0) is 0 Å². The van der Waals surface area contributed by atoms with Gasteiger partial charge in [0.25, 0.3) is 5.91 Å². The Morgan fingerprint density at radius 2 is 1.77 bits per heavy atom. The Hall–Kier alpha value is -1.91. The predicted molar refractivity (Wildman–Crippen MR) is 120 cm³/mol. The first-order valence-corrected chi connectivity index (χ1v) is 12.0. The number of nitrogens with one attached hydrogen (secondary N) is 1. The van der Waals surface area contributed by atoms with E-state index in [9.17, 15) is 4.79 Å². The number of amides is 1. The average Bonchev–Trinajstić information content (AvgIpc) is 3.00. The highest BCUT2D eigenvalue weighted by molar-refractivity contribution is 6.06. The van der Waals surface area contributed by atoms with Crippen LogP contribution >= 0.6 is 0 Å². The summed E-state index contributed by atoms with van der Waals surface area (Å²) in [5.74, 6) is 2.73. The van der Waals surface area contributed by atoms with Gasteiger partial charge in [0.15, 0.2) is 5.65 Å². The molecule has 0 radical (unpaired) electrons. The lowest BCUT2D eigenvalue weighted by molar-refractivity contribution is -0.0727. The molecule has 5 heteroatoms. The molecule has 1 atom stereocenters. The Kier molecular flexibility index (Phi) is 4.71. The van der Waals surface area contributed by atoms with Gasteiger partial charge in [-0.05, 0) is 102 Å². The number of hydrogen-bond acceptors (Lipinski definition) is 3. The molecule has 0 saturated heterocycles. The van der Waals surface area contributed by atoms with E-state index in [2.05, 4.69) is 26.1 Å². The second-order valence-corrected chi connectivity index (χ2v) is 10.8. The van der Waals surface area contributed by atoms with Gasteiger partial charge in [-0.25, -0.2) is 9.67 Å². The van der Waals surface area contributed by atoms with Crippen LogP contribution in [0, 0.1) is 37.0 Å². The van der Waals surface area contributed by atoms with Crippen LogP contribution in [-0.4, -0.2) is 26.7 Å². The molecule has 0 spiro atoms. The lowest BCUT2D eigenvalue weighted by atomic mass is 9.47. The van der Waals surface area contributed by atoms with E-state index in [1.807, 2.05) is 24.6 Å². The van der Waals surface area contributed by atoms with E-state index >= 15 is 0 Å². The third kappa shape index (κ3) is 3.07. The van der Waals surface area contributed by atoms with Gasteiger partial charge in [-0.15, -0.1) is 0 Å². The minimum Gasteiger partial charge on any atom is -0.349 e. The molecule has 0 unspecified atom stereocenters. The highest BCUT2D eigenvalue weighted by Gasteiger charge is 2.54. The molecule has 30 heavy (non-hydrogen) atoms. The van der Waals surface area contributed by atoms with Crippen LogP contribution in [0.3, 0.4) is 0 Å². The zero-order valence-corrected chi connectivity index (χ0v) is 19.2. The molecule has 4 aliphatic rings. The van der Waals surface area contributed by atoms with E-state index < -0.39 is 0 Å². The van der Waals surface area contributed by atoms with Crippen molar-refractivity contribution in [2.75, 3.05) is 0 Å². The Balaban J connectivity index is 1.48. The first kappa shape index (κ1) is 20.0. The Morgan fingerprint density at radius 1 is 1.17 bits per heavy atom. The van der Waals surface area contributed by atoms with Gasteiger partial charge in [-0.2, -0.15) is 5.10 Å². The molecule has 162 valence electrons. The van der Waals surface area contributed by atoms with Crippen LogP contribution in [0.1, 0.15) is 93.5 Å². The maximum Gasteiger partial charge on any atom is 0.252 e. The van der Waals surface area contributed by atoms with Crippen molar-refractivity contribution in [1.29, 1.82) is 0 Å². The monoisotopic (exact) mass is 408 g/mol. The minimum atomic E-state index is 0.0551. The first-order chi connectivity index (χ1) is 14.3. The summed E-state index contributed by atoms with van der Waals surface area (Å²) in [4.78, 5) is 18.4. The smallest absolute Gasteiger partial charge is 0.252 e. The minimum absolute atomic E-state index is 0.0551. The Bertz CT molecular complexity index is 953. The van der Waals surface area contributed by atoms with Crippen molar-refractivity contribution in [2.24, 2.45) is 23.2 Å². The summed E-state index contributed by atoms with van der Waals surface area (Å²) in [6.07, 6.45) is 9.24. The molecule has 4 aliphatic carbocycles. The molecule has 4 saturated carbocycles. The molecular formula is C25H36N4O. The lowest BCUT2D eigenvalue weighted by Crippen LogP contribution is -2.56. The van der Waals surface area contributed by atoms with Crippen LogP contribution in [0.4, 0.5) is 0 Å². The summed E-state index contributed by atoms with van der Waals surface area (Å²) in [5, 5.41) is 9.13. The topological polar surface area (TPSA) is 59.8 Å². The summed E-state index contributed by atoms with van der Waals surface area (Å²) < 4.78 is 1.95. The van der Waals surface area contributed by atoms with Gasteiger partial charge in [0.05, 0.1) is 16.6 Å². The molecule has 2 heterocycles. The molecular weight excluding hydrogens is 372 g/mol. The highest BCUT2D eigenvalue weighted by atomic mass is 16.1. The van der Waals surface area contributed by atoms with Gasteiger partial charge in [-0.3, -0.25) is 4.79 Å². The Labute approximate surface area is 180 Å². The number of aryl methyl sites for hydroxylation is 2. The number of carbonyl (C=O) groups excluding carboxylic acids is 1. The van der Waals surface area contributed by atoms with Gasteiger partial charge in [0, 0.05) is 17.8 Å². The second kappa shape index (κ2) is 7.06. The van der Waals surface area contributed by atoms with Crippen LogP contribution in [0.25, 0.3) is 11.0 Å². The molecule has 0 aliphatic heterocycles. The molecule has 2 aromatic heterocycles. The number of carbonyl (C=O) groups is 1. The van der Waals surface area contributed by atoms with E-state index in [0.29, 0.717) is 5.41 Å². The third-order valence-electron chi connectivity index (χ3n) is 8.24. The predicted octanol–water partition coefficient (Wildman–Crippen LogP) is 5.35. The van der Waals surface area contributed by atoms with Crippen molar-refractivity contribution >= 4 is 16.9 Å². The van der Waals surface area contributed by atoms with E-state index in [-0.39, 0.29) is 18.0 Å².